The average molecular weight is 381 g/mol. The molecule has 4 rings (SSSR count). The number of anilines is 1. The summed E-state index contributed by atoms with van der Waals surface area (Å²) in [6.45, 7) is 1.95. The van der Waals surface area contributed by atoms with E-state index in [2.05, 4.69) is 41.8 Å². The molecule has 0 bridgehead atoms. The molecule has 7 heteroatoms. The molecular formula is C17H13BrN6. The lowest BCUT2D eigenvalue weighted by molar-refractivity contribution is 0.934. The van der Waals surface area contributed by atoms with Gasteiger partial charge >= 0.3 is 0 Å². The second-order valence-corrected chi connectivity index (χ2v) is 6.22. The predicted octanol–water partition coefficient (Wildman–Crippen LogP) is 3.88. The molecule has 2 aromatic heterocycles. The van der Waals surface area contributed by atoms with Crippen LogP contribution >= 0.6 is 15.9 Å². The highest BCUT2D eigenvalue weighted by molar-refractivity contribution is 9.10. The highest BCUT2D eigenvalue weighted by atomic mass is 79.9. The lowest BCUT2D eigenvalue weighted by Gasteiger charge is -2.07. The molecule has 0 aliphatic rings. The van der Waals surface area contributed by atoms with Gasteiger partial charge in [0.2, 0.25) is 0 Å². The summed E-state index contributed by atoms with van der Waals surface area (Å²) in [7, 11) is 0. The van der Waals surface area contributed by atoms with E-state index in [1.165, 1.54) is 0 Å². The summed E-state index contributed by atoms with van der Waals surface area (Å²) in [5.41, 5.74) is 5.71. The number of hydrazone groups is 1. The number of rotatable bonds is 3. The molecule has 0 spiro atoms. The van der Waals surface area contributed by atoms with E-state index < -0.39 is 0 Å². The van der Waals surface area contributed by atoms with E-state index in [-0.39, 0.29) is 0 Å². The zero-order valence-corrected chi connectivity index (χ0v) is 14.4. The van der Waals surface area contributed by atoms with Gasteiger partial charge in [-0.3, -0.25) is 5.43 Å². The Morgan fingerprint density at radius 1 is 1.08 bits per heavy atom. The molecule has 0 aliphatic carbocycles. The fraction of sp³-hybridized carbons (Fsp3) is 0.0588. The van der Waals surface area contributed by atoms with Gasteiger partial charge in [0.1, 0.15) is 6.33 Å². The molecule has 0 saturated carbocycles. The Morgan fingerprint density at radius 2 is 1.83 bits per heavy atom. The van der Waals surface area contributed by atoms with E-state index in [1.807, 2.05) is 55.5 Å². The fourth-order valence-electron chi connectivity index (χ4n) is 2.50. The monoisotopic (exact) mass is 380 g/mol. The number of halogens is 1. The Bertz CT molecular complexity index is 1050. The zero-order valence-electron chi connectivity index (χ0n) is 12.8. The number of nitrogens with one attached hydrogen (secondary N) is 1. The van der Waals surface area contributed by atoms with Crippen molar-refractivity contribution >= 4 is 43.9 Å². The summed E-state index contributed by atoms with van der Waals surface area (Å²) >= 11 is 3.44. The first-order valence-electron chi connectivity index (χ1n) is 7.37. The maximum Gasteiger partial charge on any atom is 0.185 e. The van der Waals surface area contributed by atoms with Crippen LogP contribution < -0.4 is 5.43 Å². The second kappa shape index (κ2) is 6.01. The molecule has 0 amide bonds. The summed E-state index contributed by atoms with van der Waals surface area (Å²) in [4.78, 5) is 0. The van der Waals surface area contributed by atoms with E-state index in [0.29, 0.717) is 5.82 Å². The van der Waals surface area contributed by atoms with Crippen molar-refractivity contribution in [3.63, 3.8) is 0 Å². The minimum atomic E-state index is 0.661. The van der Waals surface area contributed by atoms with Crippen LogP contribution in [0.1, 0.15) is 12.5 Å². The van der Waals surface area contributed by atoms with Crippen molar-refractivity contribution in [2.45, 2.75) is 6.92 Å². The molecule has 118 valence electrons. The largest absolute Gasteiger partial charge is 0.259 e. The van der Waals surface area contributed by atoms with Crippen LogP contribution in [0.2, 0.25) is 0 Å². The van der Waals surface area contributed by atoms with Gasteiger partial charge < -0.3 is 0 Å². The first kappa shape index (κ1) is 14.8. The standard InChI is InChI=1S/C17H13BrN6/c1-11(12-6-8-13(18)9-7-12)20-21-16-14-4-2-3-5-15(14)17-22-19-10-24(17)23-16/h2-10H,1H3,(H,21,23)/b20-11+. The van der Waals surface area contributed by atoms with Gasteiger partial charge in [-0.05, 0) is 24.6 Å². The summed E-state index contributed by atoms with van der Waals surface area (Å²) in [5.74, 6) is 0.661. The van der Waals surface area contributed by atoms with E-state index in [4.69, 9.17) is 0 Å². The molecule has 1 N–H and O–H groups in total. The summed E-state index contributed by atoms with van der Waals surface area (Å²) in [6, 6.07) is 15.9. The third-order valence-electron chi connectivity index (χ3n) is 3.75. The van der Waals surface area contributed by atoms with E-state index in [9.17, 15) is 0 Å². The van der Waals surface area contributed by atoms with Gasteiger partial charge in [-0.15, -0.1) is 15.3 Å². The zero-order chi connectivity index (χ0) is 16.5. The normalized spacial score (nSPS) is 12.0. The molecule has 0 radical (unpaired) electrons. The molecule has 4 aromatic rings. The van der Waals surface area contributed by atoms with Gasteiger partial charge in [-0.2, -0.15) is 9.62 Å². The lowest BCUT2D eigenvalue weighted by atomic mass is 10.1. The van der Waals surface area contributed by atoms with E-state index >= 15 is 0 Å². The highest BCUT2D eigenvalue weighted by Crippen LogP contribution is 2.24. The van der Waals surface area contributed by atoms with Crippen LogP contribution in [0, 0.1) is 0 Å². The fourth-order valence-corrected chi connectivity index (χ4v) is 2.77. The van der Waals surface area contributed by atoms with Crippen LogP contribution in [-0.2, 0) is 0 Å². The summed E-state index contributed by atoms with van der Waals surface area (Å²) < 4.78 is 2.69. The molecule has 0 aliphatic heterocycles. The Labute approximate surface area is 146 Å². The molecule has 0 unspecified atom stereocenters. The van der Waals surface area contributed by atoms with Gasteiger partial charge in [-0.1, -0.05) is 52.3 Å². The Kier molecular flexibility index (Phi) is 3.70. The average Bonchev–Trinajstić information content (AvgIpc) is 3.08. The van der Waals surface area contributed by atoms with Crippen molar-refractivity contribution in [1.29, 1.82) is 0 Å². The number of hydrogen-bond donors (Lipinski definition) is 1. The van der Waals surface area contributed by atoms with Gasteiger partial charge in [0, 0.05) is 15.2 Å². The Morgan fingerprint density at radius 3 is 2.62 bits per heavy atom. The second-order valence-electron chi connectivity index (χ2n) is 5.31. The van der Waals surface area contributed by atoms with Crippen molar-refractivity contribution in [3.05, 3.63) is 64.9 Å². The quantitative estimate of drug-likeness (QED) is 0.432. The molecule has 24 heavy (non-hydrogen) atoms. The highest BCUT2D eigenvalue weighted by Gasteiger charge is 2.09. The van der Waals surface area contributed by atoms with Crippen molar-refractivity contribution in [2.24, 2.45) is 5.10 Å². The summed E-state index contributed by atoms with van der Waals surface area (Å²) in [5, 5.41) is 19.0. The van der Waals surface area contributed by atoms with E-state index in [0.717, 1.165) is 32.2 Å². The van der Waals surface area contributed by atoms with Gasteiger partial charge in [-0.25, -0.2) is 0 Å². The number of hydrogen-bond acceptors (Lipinski definition) is 5. The molecule has 6 nitrogen and oxygen atoms in total. The van der Waals surface area contributed by atoms with E-state index in [1.54, 1.807) is 10.8 Å². The number of fused-ring (bicyclic) bond motifs is 3. The van der Waals surface area contributed by atoms with Crippen LogP contribution in [0.3, 0.4) is 0 Å². The third kappa shape index (κ3) is 2.63. The minimum absolute atomic E-state index is 0.661. The smallest absolute Gasteiger partial charge is 0.185 e. The topological polar surface area (TPSA) is 67.5 Å². The molecule has 2 heterocycles. The van der Waals surface area contributed by atoms with Crippen LogP contribution in [0.25, 0.3) is 16.4 Å². The maximum absolute atomic E-state index is 4.51. The molecular weight excluding hydrogens is 368 g/mol. The Balaban J connectivity index is 1.75. The van der Waals surface area contributed by atoms with Crippen molar-refractivity contribution in [1.82, 2.24) is 19.8 Å². The van der Waals surface area contributed by atoms with Gasteiger partial charge in [0.05, 0.1) is 5.71 Å². The first-order chi connectivity index (χ1) is 11.7. The van der Waals surface area contributed by atoms with Crippen LogP contribution in [0.5, 0.6) is 0 Å². The summed E-state index contributed by atoms with van der Waals surface area (Å²) in [6.07, 6.45) is 1.58. The number of aromatic nitrogens is 4. The molecule has 2 aromatic carbocycles. The maximum atomic E-state index is 4.51. The number of nitrogens with zero attached hydrogens (tertiary/aromatic N) is 5. The van der Waals surface area contributed by atoms with Crippen molar-refractivity contribution < 1.29 is 0 Å². The molecule has 0 fully saturated rings. The van der Waals surface area contributed by atoms with Gasteiger partial charge in [0.25, 0.3) is 0 Å². The number of benzene rings is 2. The third-order valence-corrected chi connectivity index (χ3v) is 4.28. The Hall–Kier alpha value is -2.80. The van der Waals surface area contributed by atoms with Crippen LogP contribution in [0.4, 0.5) is 5.82 Å². The SMILES string of the molecule is C/C(=N\Nc1nn2cnnc2c2ccccc12)c1ccc(Br)cc1. The molecule has 0 atom stereocenters. The van der Waals surface area contributed by atoms with Crippen molar-refractivity contribution in [2.75, 3.05) is 5.43 Å². The minimum Gasteiger partial charge on any atom is -0.259 e. The molecule has 0 saturated heterocycles. The van der Waals surface area contributed by atoms with Crippen molar-refractivity contribution in [3.8, 4) is 0 Å². The first-order valence-corrected chi connectivity index (χ1v) is 8.17. The lowest BCUT2D eigenvalue weighted by Crippen LogP contribution is -2.03. The van der Waals surface area contributed by atoms with Crippen LogP contribution in [-0.4, -0.2) is 25.5 Å². The predicted molar refractivity (Wildman–Crippen MR) is 98.3 cm³/mol. The van der Waals surface area contributed by atoms with Gasteiger partial charge in [0.15, 0.2) is 11.5 Å². The van der Waals surface area contributed by atoms with Crippen LogP contribution in [0.15, 0.2) is 64.4 Å².